The standard InChI is InChI=1S/C13H14ClNO5/c14-9-1-2-11(16)10(7-9)13(18)20-8-12(17)15-3-5-19-6-4-15/h1-2,7,16H,3-6,8H2. The smallest absolute Gasteiger partial charge is 0.342 e. The van der Waals surface area contributed by atoms with Gasteiger partial charge in [-0.15, -0.1) is 0 Å². The van der Waals surface area contributed by atoms with Crippen molar-refractivity contribution >= 4 is 23.5 Å². The number of esters is 1. The Balaban J connectivity index is 1.91. The largest absolute Gasteiger partial charge is 0.507 e. The molecule has 0 atom stereocenters. The number of nitrogens with zero attached hydrogens (tertiary/aromatic N) is 1. The highest BCUT2D eigenvalue weighted by molar-refractivity contribution is 6.31. The average Bonchev–Trinajstić information content (AvgIpc) is 2.47. The van der Waals surface area contributed by atoms with Crippen molar-refractivity contribution in [1.29, 1.82) is 0 Å². The number of hydrogen-bond acceptors (Lipinski definition) is 5. The number of phenolic OH excluding ortho intramolecular Hbond substituents is 1. The zero-order chi connectivity index (χ0) is 14.5. The highest BCUT2D eigenvalue weighted by Crippen LogP contribution is 2.22. The Morgan fingerprint density at radius 2 is 2.05 bits per heavy atom. The van der Waals surface area contributed by atoms with Crippen molar-refractivity contribution < 1.29 is 24.2 Å². The molecule has 108 valence electrons. The van der Waals surface area contributed by atoms with Gasteiger partial charge in [0.15, 0.2) is 6.61 Å². The Morgan fingerprint density at radius 1 is 1.35 bits per heavy atom. The Labute approximate surface area is 120 Å². The van der Waals surface area contributed by atoms with E-state index in [1.807, 2.05) is 0 Å². The maximum atomic E-state index is 11.8. The second kappa shape index (κ2) is 6.58. The minimum Gasteiger partial charge on any atom is -0.507 e. The van der Waals surface area contributed by atoms with Gasteiger partial charge in [0.2, 0.25) is 0 Å². The Hall–Kier alpha value is -1.79. The third-order valence-electron chi connectivity index (χ3n) is 2.87. The molecule has 1 heterocycles. The minimum absolute atomic E-state index is 0.0627. The van der Waals surface area contributed by atoms with Crippen LogP contribution in [0.1, 0.15) is 10.4 Å². The molecule has 0 aliphatic carbocycles. The maximum absolute atomic E-state index is 11.8. The van der Waals surface area contributed by atoms with Crippen LogP contribution in [0.15, 0.2) is 18.2 Å². The fraction of sp³-hybridized carbons (Fsp3) is 0.385. The van der Waals surface area contributed by atoms with Crippen LogP contribution in [0.5, 0.6) is 5.75 Å². The minimum atomic E-state index is -0.786. The van der Waals surface area contributed by atoms with E-state index in [4.69, 9.17) is 21.1 Å². The normalized spacial score (nSPS) is 14.9. The van der Waals surface area contributed by atoms with Gasteiger partial charge in [-0.2, -0.15) is 0 Å². The molecule has 1 fully saturated rings. The van der Waals surface area contributed by atoms with Gasteiger partial charge in [0.1, 0.15) is 11.3 Å². The number of carbonyl (C=O) groups excluding carboxylic acids is 2. The molecule has 1 aliphatic rings. The summed E-state index contributed by atoms with van der Waals surface area (Å²) < 4.78 is 10.0. The fourth-order valence-electron chi connectivity index (χ4n) is 1.78. The summed E-state index contributed by atoms with van der Waals surface area (Å²) >= 11 is 5.74. The first-order valence-electron chi connectivity index (χ1n) is 6.09. The first-order valence-corrected chi connectivity index (χ1v) is 6.47. The van der Waals surface area contributed by atoms with E-state index in [0.717, 1.165) is 0 Å². The molecule has 1 aliphatic heterocycles. The van der Waals surface area contributed by atoms with Gasteiger partial charge in [-0.3, -0.25) is 4.79 Å². The summed E-state index contributed by atoms with van der Waals surface area (Å²) in [5.74, 6) is -1.31. The number of amides is 1. The van der Waals surface area contributed by atoms with E-state index in [9.17, 15) is 14.7 Å². The van der Waals surface area contributed by atoms with E-state index in [1.165, 1.54) is 18.2 Å². The molecule has 1 saturated heterocycles. The molecule has 0 bridgehead atoms. The van der Waals surface area contributed by atoms with Crippen molar-refractivity contribution in [2.45, 2.75) is 0 Å². The molecule has 1 N–H and O–H groups in total. The summed E-state index contributed by atoms with van der Waals surface area (Å²) in [5.41, 5.74) is -0.0627. The van der Waals surface area contributed by atoms with Gasteiger partial charge in [-0.05, 0) is 18.2 Å². The van der Waals surface area contributed by atoms with Crippen molar-refractivity contribution in [2.24, 2.45) is 0 Å². The summed E-state index contributed by atoms with van der Waals surface area (Å²) in [4.78, 5) is 25.1. The van der Waals surface area contributed by atoms with E-state index < -0.39 is 5.97 Å². The number of rotatable bonds is 3. The van der Waals surface area contributed by atoms with Gasteiger partial charge in [0, 0.05) is 18.1 Å². The Kier molecular flexibility index (Phi) is 4.81. The van der Waals surface area contributed by atoms with Gasteiger partial charge in [0.25, 0.3) is 5.91 Å². The number of benzene rings is 1. The van der Waals surface area contributed by atoms with Gasteiger partial charge in [0.05, 0.1) is 13.2 Å². The van der Waals surface area contributed by atoms with Crippen LogP contribution in [0.3, 0.4) is 0 Å². The molecule has 1 amide bonds. The van der Waals surface area contributed by atoms with Crippen molar-refractivity contribution in [1.82, 2.24) is 4.90 Å². The lowest BCUT2D eigenvalue weighted by atomic mass is 10.2. The zero-order valence-electron chi connectivity index (χ0n) is 10.7. The highest BCUT2D eigenvalue weighted by Gasteiger charge is 2.20. The molecule has 2 rings (SSSR count). The molecular formula is C13H14ClNO5. The molecule has 6 nitrogen and oxygen atoms in total. The predicted molar refractivity (Wildman–Crippen MR) is 70.8 cm³/mol. The Morgan fingerprint density at radius 3 is 2.75 bits per heavy atom. The third kappa shape index (κ3) is 3.61. The lowest BCUT2D eigenvalue weighted by Crippen LogP contribution is -2.42. The molecule has 1 aromatic carbocycles. The van der Waals surface area contributed by atoms with Crippen LogP contribution < -0.4 is 0 Å². The lowest BCUT2D eigenvalue weighted by Gasteiger charge is -2.26. The summed E-state index contributed by atoms with van der Waals surface area (Å²) in [6.07, 6.45) is 0. The molecule has 0 saturated carbocycles. The van der Waals surface area contributed by atoms with Crippen LogP contribution in [-0.2, 0) is 14.3 Å². The number of carbonyl (C=O) groups is 2. The van der Waals surface area contributed by atoms with Crippen LogP contribution in [0, 0.1) is 0 Å². The Bertz CT molecular complexity index is 513. The number of phenols is 1. The summed E-state index contributed by atoms with van der Waals surface area (Å²) in [6.45, 7) is 1.56. The third-order valence-corrected chi connectivity index (χ3v) is 3.10. The molecule has 0 unspecified atom stereocenters. The van der Waals surface area contributed by atoms with Crippen LogP contribution in [0.4, 0.5) is 0 Å². The highest BCUT2D eigenvalue weighted by atomic mass is 35.5. The maximum Gasteiger partial charge on any atom is 0.342 e. The van der Waals surface area contributed by atoms with E-state index in [0.29, 0.717) is 31.3 Å². The number of hydrogen-bond donors (Lipinski definition) is 1. The van der Waals surface area contributed by atoms with Gasteiger partial charge in [-0.1, -0.05) is 11.6 Å². The van der Waals surface area contributed by atoms with Gasteiger partial charge < -0.3 is 19.5 Å². The van der Waals surface area contributed by atoms with E-state index in [1.54, 1.807) is 4.90 Å². The van der Waals surface area contributed by atoms with Gasteiger partial charge in [-0.25, -0.2) is 4.79 Å². The predicted octanol–water partition coefficient (Wildman–Crippen LogP) is 1.06. The molecule has 0 radical (unpaired) electrons. The topological polar surface area (TPSA) is 76.1 Å². The second-order valence-corrected chi connectivity index (χ2v) is 4.67. The van der Waals surface area contributed by atoms with E-state index >= 15 is 0 Å². The first kappa shape index (κ1) is 14.6. The van der Waals surface area contributed by atoms with Crippen LogP contribution in [0.2, 0.25) is 5.02 Å². The first-order chi connectivity index (χ1) is 9.58. The quantitative estimate of drug-likeness (QED) is 0.845. The van der Waals surface area contributed by atoms with Crippen LogP contribution in [0.25, 0.3) is 0 Å². The van der Waals surface area contributed by atoms with Crippen molar-refractivity contribution in [2.75, 3.05) is 32.9 Å². The van der Waals surface area contributed by atoms with Crippen molar-refractivity contribution in [3.05, 3.63) is 28.8 Å². The molecule has 0 spiro atoms. The lowest BCUT2D eigenvalue weighted by molar-refractivity contribution is -0.138. The molecule has 0 aromatic heterocycles. The SMILES string of the molecule is O=C(OCC(=O)N1CCOCC1)c1cc(Cl)ccc1O. The molecule has 20 heavy (non-hydrogen) atoms. The summed E-state index contributed by atoms with van der Waals surface area (Å²) in [7, 11) is 0. The van der Waals surface area contributed by atoms with Gasteiger partial charge >= 0.3 is 5.97 Å². The number of aromatic hydroxyl groups is 1. The summed E-state index contributed by atoms with van der Waals surface area (Å²) in [5, 5.41) is 9.85. The molecule has 7 heteroatoms. The second-order valence-electron chi connectivity index (χ2n) is 4.23. The summed E-state index contributed by atoms with van der Waals surface area (Å²) in [6, 6.07) is 4.04. The monoisotopic (exact) mass is 299 g/mol. The number of halogens is 1. The molecule has 1 aromatic rings. The van der Waals surface area contributed by atoms with Crippen LogP contribution in [-0.4, -0.2) is 54.8 Å². The molecular weight excluding hydrogens is 286 g/mol. The van der Waals surface area contributed by atoms with Crippen molar-refractivity contribution in [3.8, 4) is 5.75 Å². The van der Waals surface area contributed by atoms with E-state index in [2.05, 4.69) is 0 Å². The number of ether oxygens (including phenoxy) is 2. The number of morpholine rings is 1. The van der Waals surface area contributed by atoms with Crippen molar-refractivity contribution in [3.63, 3.8) is 0 Å². The zero-order valence-corrected chi connectivity index (χ0v) is 11.4. The fourth-order valence-corrected chi connectivity index (χ4v) is 1.95. The average molecular weight is 300 g/mol. The van der Waals surface area contributed by atoms with Crippen LogP contribution >= 0.6 is 11.6 Å². The van der Waals surface area contributed by atoms with E-state index in [-0.39, 0.29) is 23.8 Å².